The fraction of sp³-hybridized carbons (Fsp3) is 0.478. The minimum absolute atomic E-state index is 0. The molecule has 286 valence electrons. The normalized spacial score (nSPS) is 31.1. The van der Waals surface area contributed by atoms with E-state index in [0.717, 1.165) is 106 Å². The van der Waals surface area contributed by atoms with Crippen molar-refractivity contribution < 1.29 is 53.1 Å². The number of fused-ring (bicyclic) bond motifs is 8. The molecule has 2 aromatic heterocycles. The van der Waals surface area contributed by atoms with Crippen molar-refractivity contribution in [1.82, 2.24) is 9.97 Å². The van der Waals surface area contributed by atoms with E-state index in [4.69, 9.17) is 0 Å². The fourth-order valence-electron chi connectivity index (χ4n) is 12.0. The first-order valence-electron chi connectivity index (χ1n) is 20.2. The van der Waals surface area contributed by atoms with E-state index in [2.05, 4.69) is 96.6 Å². The van der Waals surface area contributed by atoms with Gasteiger partial charge in [0.2, 0.25) is 0 Å². The minimum Gasteiger partial charge on any atom is -1.00 e. The largest absolute Gasteiger partial charge is 1.00 e. The highest BCUT2D eigenvalue weighted by molar-refractivity contribution is 5.83. The van der Waals surface area contributed by atoms with Crippen LogP contribution in [0.15, 0.2) is 97.3 Å². The van der Waals surface area contributed by atoms with Crippen LogP contribution >= 0.6 is 0 Å². The highest BCUT2D eigenvalue weighted by Gasteiger charge is 2.55. The summed E-state index contributed by atoms with van der Waals surface area (Å²) in [5.74, 6) is 2.83. The van der Waals surface area contributed by atoms with Crippen LogP contribution in [0.3, 0.4) is 0 Å². The van der Waals surface area contributed by atoms with Gasteiger partial charge in [0.05, 0.1) is 37.2 Å². The molecular weight excluding hydrogens is 800 g/mol. The average molecular weight is 857 g/mol. The zero-order valence-electron chi connectivity index (χ0n) is 31.8. The Morgan fingerprint density at radius 3 is 1.41 bits per heavy atom. The summed E-state index contributed by atoms with van der Waals surface area (Å²) in [6.07, 6.45) is 9.83. The van der Waals surface area contributed by atoms with Crippen LogP contribution in [0.2, 0.25) is 0 Å². The minimum atomic E-state index is -0.516. The summed E-state index contributed by atoms with van der Waals surface area (Å²) in [6.45, 7) is 11.2. The number of nitrogens with zero attached hydrogens (tertiary/aromatic N) is 4. The molecule has 6 aliphatic heterocycles. The van der Waals surface area contributed by atoms with Gasteiger partial charge in [0, 0.05) is 71.8 Å². The molecule has 54 heavy (non-hydrogen) atoms. The van der Waals surface area contributed by atoms with Gasteiger partial charge >= 0.3 is 0 Å². The van der Waals surface area contributed by atoms with Crippen molar-refractivity contribution in [2.75, 3.05) is 26.2 Å². The Hall–Kier alpha value is -2.72. The molecule has 4 bridgehead atoms. The number of aromatic nitrogens is 2. The summed E-state index contributed by atoms with van der Waals surface area (Å²) in [5.41, 5.74) is 6.73. The number of benzene rings is 3. The highest BCUT2D eigenvalue weighted by Crippen LogP contribution is 2.50. The zero-order chi connectivity index (χ0) is 35.5. The maximum absolute atomic E-state index is 12.2. The smallest absolute Gasteiger partial charge is 0.131 e. The summed E-state index contributed by atoms with van der Waals surface area (Å²) in [4.78, 5) is 9.22. The number of aliphatic hydroxyl groups excluding tert-OH is 2. The second-order valence-corrected chi connectivity index (χ2v) is 17.1. The topological polar surface area (TPSA) is 66.2 Å². The van der Waals surface area contributed by atoms with Gasteiger partial charge < -0.3 is 53.1 Å². The van der Waals surface area contributed by atoms with Gasteiger partial charge in [-0.05, 0) is 60.1 Å². The number of halogens is 2. The molecule has 6 aliphatic rings. The number of hydrogen-bond acceptors (Lipinski definition) is 4. The van der Waals surface area contributed by atoms with Gasteiger partial charge in [0.1, 0.15) is 37.4 Å². The number of rotatable bonds is 10. The van der Waals surface area contributed by atoms with E-state index < -0.39 is 12.2 Å². The third kappa shape index (κ3) is 6.87. The lowest BCUT2D eigenvalue weighted by molar-refractivity contribution is -0.986. The van der Waals surface area contributed by atoms with Crippen LogP contribution in [0.5, 0.6) is 0 Å². The number of quaternary nitrogens is 2. The molecule has 0 saturated carbocycles. The first-order chi connectivity index (χ1) is 25.4. The second-order valence-electron chi connectivity index (χ2n) is 17.1. The Morgan fingerprint density at radius 1 is 0.593 bits per heavy atom. The van der Waals surface area contributed by atoms with Gasteiger partial charge in [-0.2, -0.15) is 0 Å². The standard InChI is InChI=1S/C46H56N4O2.2BrH/c1-3-33-29-49(23-19-35(33)25-43(49)45(51)39-17-21-47-41-11-7-5-9-37(39)41)27-31-13-15-32(16-14-31)28-50-24-20-36(34(4-2)30-50)26-44(50)46(52)40-18-22-48-42-12-8-6-10-38(40)42;;/h5-18,21-22,33-36,43-46,51-52H,3-4,19-20,23-30H2,1-2H3;2*1H/q+2;;/p-2/t33-,34-,35-,36-,43-,44-,45+,46+,49?,50?;;/m0../s1. The molecule has 10 atom stereocenters. The Morgan fingerprint density at radius 2 is 1.00 bits per heavy atom. The Balaban J connectivity index is 0.00000225. The van der Waals surface area contributed by atoms with Crippen LogP contribution in [0.25, 0.3) is 21.8 Å². The van der Waals surface area contributed by atoms with E-state index in [1.165, 1.54) is 36.8 Å². The summed E-state index contributed by atoms with van der Waals surface area (Å²) in [5, 5.41) is 26.6. The predicted molar refractivity (Wildman–Crippen MR) is 208 cm³/mol. The van der Waals surface area contributed by atoms with Crippen LogP contribution in [-0.4, -0.2) is 67.4 Å². The SMILES string of the molecule is CC[C@H]1C[N+]2(Cc3ccc(C[N+]45CC[C@@H](C[C@H]4[C@H](O)c4ccnc6ccccc46)[C@@H](CC)C5)cc3)CC[C@H]1C[C@H]2[C@H](O)c1ccnc2ccccc12.[Br-].[Br-]. The first kappa shape index (κ1) is 39.5. The molecule has 6 fully saturated rings. The Labute approximate surface area is 342 Å². The van der Waals surface area contributed by atoms with Crippen molar-refractivity contribution in [2.45, 2.75) is 89.8 Å². The van der Waals surface area contributed by atoms with Crippen molar-refractivity contribution in [3.05, 3.63) is 120 Å². The number of pyridine rings is 2. The van der Waals surface area contributed by atoms with E-state index in [9.17, 15) is 10.2 Å². The van der Waals surface area contributed by atoms with Crippen LogP contribution in [-0.2, 0) is 13.1 Å². The Bertz CT molecular complexity index is 1910. The average Bonchev–Trinajstić information content (AvgIpc) is 3.20. The van der Waals surface area contributed by atoms with E-state index in [0.29, 0.717) is 11.8 Å². The number of piperidine rings is 6. The molecule has 6 nitrogen and oxygen atoms in total. The lowest BCUT2D eigenvalue weighted by Crippen LogP contribution is -3.00. The van der Waals surface area contributed by atoms with Gasteiger partial charge in [-0.3, -0.25) is 9.97 Å². The van der Waals surface area contributed by atoms with Crippen molar-refractivity contribution in [3.63, 3.8) is 0 Å². The lowest BCUT2D eigenvalue weighted by atomic mass is 9.70. The van der Waals surface area contributed by atoms with Gasteiger partial charge in [-0.1, -0.05) is 74.5 Å². The highest BCUT2D eigenvalue weighted by atomic mass is 79.9. The molecule has 8 heterocycles. The lowest BCUT2D eigenvalue weighted by Gasteiger charge is -2.59. The Kier molecular flexibility index (Phi) is 11.7. The summed E-state index contributed by atoms with van der Waals surface area (Å²) >= 11 is 0. The molecule has 6 saturated heterocycles. The van der Waals surface area contributed by atoms with Crippen LogP contribution in [0.4, 0.5) is 0 Å². The summed E-state index contributed by atoms with van der Waals surface area (Å²) < 4.78 is 1.94. The number of para-hydroxylation sites is 2. The molecule has 5 aromatic rings. The van der Waals surface area contributed by atoms with Crippen molar-refractivity contribution in [1.29, 1.82) is 0 Å². The molecule has 0 spiro atoms. The van der Waals surface area contributed by atoms with Gasteiger partial charge in [-0.25, -0.2) is 0 Å². The molecular formula is C46H56Br2N4O2. The maximum Gasteiger partial charge on any atom is 0.131 e. The molecule has 0 aliphatic carbocycles. The summed E-state index contributed by atoms with van der Waals surface area (Å²) in [6, 6.07) is 30.6. The van der Waals surface area contributed by atoms with Crippen LogP contribution in [0.1, 0.15) is 86.8 Å². The predicted octanol–water partition coefficient (Wildman–Crippen LogP) is 2.53. The quantitative estimate of drug-likeness (QED) is 0.212. The van der Waals surface area contributed by atoms with Gasteiger partial charge in [0.25, 0.3) is 0 Å². The molecule has 3 aromatic carbocycles. The van der Waals surface area contributed by atoms with E-state index in [-0.39, 0.29) is 46.0 Å². The van der Waals surface area contributed by atoms with E-state index in [1.54, 1.807) is 0 Å². The molecule has 2 unspecified atom stereocenters. The molecule has 0 radical (unpaired) electrons. The van der Waals surface area contributed by atoms with E-state index >= 15 is 0 Å². The monoisotopic (exact) mass is 854 g/mol. The zero-order valence-corrected chi connectivity index (χ0v) is 35.0. The molecule has 8 heteroatoms. The van der Waals surface area contributed by atoms with E-state index in [1.807, 2.05) is 24.5 Å². The van der Waals surface area contributed by atoms with Gasteiger partial charge in [-0.15, -0.1) is 0 Å². The van der Waals surface area contributed by atoms with Gasteiger partial charge in [0.15, 0.2) is 0 Å². The third-order valence-electron chi connectivity index (χ3n) is 14.7. The summed E-state index contributed by atoms with van der Waals surface area (Å²) in [7, 11) is 0. The molecule has 2 N–H and O–H groups in total. The molecule has 0 amide bonds. The molecule has 11 rings (SSSR count). The van der Waals surface area contributed by atoms with Crippen molar-refractivity contribution in [2.24, 2.45) is 23.7 Å². The van der Waals surface area contributed by atoms with Crippen LogP contribution < -0.4 is 34.0 Å². The third-order valence-corrected chi connectivity index (χ3v) is 14.7. The second kappa shape index (κ2) is 16.0. The number of hydrogen-bond donors (Lipinski definition) is 2. The van der Waals surface area contributed by atoms with Crippen molar-refractivity contribution >= 4 is 21.8 Å². The van der Waals surface area contributed by atoms with Crippen LogP contribution in [0, 0.1) is 23.7 Å². The maximum atomic E-state index is 12.2. The first-order valence-corrected chi connectivity index (χ1v) is 20.2. The number of aliphatic hydroxyl groups is 2. The van der Waals surface area contributed by atoms with Crippen molar-refractivity contribution in [3.8, 4) is 0 Å². The fourth-order valence-corrected chi connectivity index (χ4v) is 12.0.